The second-order valence-electron chi connectivity index (χ2n) is 7.40. The van der Waals surface area contributed by atoms with Gasteiger partial charge in [-0.25, -0.2) is 4.98 Å². The van der Waals surface area contributed by atoms with Gasteiger partial charge in [-0.1, -0.05) is 6.07 Å². The van der Waals surface area contributed by atoms with E-state index in [-0.39, 0.29) is 35.3 Å². The van der Waals surface area contributed by atoms with Crippen LogP contribution >= 0.6 is 15.9 Å². The van der Waals surface area contributed by atoms with Crippen molar-refractivity contribution in [1.82, 2.24) is 14.8 Å². The number of anilines is 1. The Kier molecular flexibility index (Phi) is 5.79. The SMILES string of the molecule is O=C(Nc1ccc(Br)cn1)C1CCCN(CN2C(=O)c3cccc([N+](=O)[O-])c3C2=O)C1. The van der Waals surface area contributed by atoms with Crippen LogP contribution in [-0.2, 0) is 4.79 Å². The topological polar surface area (TPSA) is 126 Å². The number of halogens is 1. The van der Waals surface area contributed by atoms with Gasteiger partial charge in [0.05, 0.1) is 23.1 Å². The summed E-state index contributed by atoms with van der Waals surface area (Å²) in [6, 6.07) is 7.49. The minimum absolute atomic E-state index is 0.0240. The second kappa shape index (κ2) is 8.52. The third-order valence-electron chi connectivity index (χ3n) is 5.37. The van der Waals surface area contributed by atoms with Gasteiger partial charge in [0.15, 0.2) is 0 Å². The average molecular weight is 488 g/mol. The Balaban J connectivity index is 1.44. The summed E-state index contributed by atoms with van der Waals surface area (Å²) in [4.78, 5) is 55.7. The van der Waals surface area contributed by atoms with Crippen molar-refractivity contribution in [3.8, 4) is 0 Å². The summed E-state index contributed by atoms with van der Waals surface area (Å²) in [5.41, 5.74) is -0.520. The number of piperidine rings is 1. The van der Waals surface area contributed by atoms with Crippen molar-refractivity contribution >= 4 is 45.2 Å². The zero-order valence-corrected chi connectivity index (χ0v) is 17.9. The minimum atomic E-state index is -0.682. The average Bonchev–Trinajstić information content (AvgIpc) is 3.00. The van der Waals surface area contributed by atoms with Gasteiger partial charge >= 0.3 is 0 Å². The Hall–Kier alpha value is -3.18. The summed E-state index contributed by atoms with van der Waals surface area (Å²) in [6.45, 7) is 0.942. The molecule has 160 valence electrons. The number of rotatable bonds is 5. The molecule has 31 heavy (non-hydrogen) atoms. The summed E-state index contributed by atoms with van der Waals surface area (Å²) in [5.74, 6) is -1.31. The molecule has 1 N–H and O–H groups in total. The van der Waals surface area contributed by atoms with Crippen molar-refractivity contribution in [3.63, 3.8) is 0 Å². The number of nitro benzene ring substituents is 1. The van der Waals surface area contributed by atoms with Crippen LogP contribution in [0.4, 0.5) is 11.5 Å². The summed E-state index contributed by atoms with van der Waals surface area (Å²) in [6.07, 6.45) is 2.98. The summed E-state index contributed by atoms with van der Waals surface area (Å²) < 4.78 is 0.801. The molecular weight excluding hydrogens is 470 g/mol. The summed E-state index contributed by atoms with van der Waals surface area (Å²) in [5, 5.41) is 14.0. The molecule has 0 radical (unpaired) electrons. The number of carbonyl (C=O) groups is 3. The van der Waals surface area contributed by atoms with E-state index in [1.165, 1.54) is 18.2 Å². The van der Waals surface area contributed by atoms with Gasteiger partial charge < -0.3 is 5.32 Å². The second-order valence-corrected chi connectivity index (χ2v) is 8.32. The zero-order valence-electron chi connectivity index (χ0n) is 16.3. The molecule has 2 aromatic rings. The van der Waals surface area contributed by atoms with Crippen LogP contribution in [-0.4, -0.2) is 57.2 Å². The Morgan fingerprint density at radius 2 is 2.06 bits per heavy atom. The monoisotopic (exact) mass is 487 g/mol. The molecule has 10 nitrogen and oxygen atoms in total. The standard InChI is InChI=1S/C20H18BrN5O5/c21-13-6-7-16(22-9-13)23-18(27)12-3-2-8-24(10-12)11-25-19(28)14-4-1-5-15(26(30)31)17(14)20(25)29/h1,4-7,9,12H,2-3,8,10-11H2,(H,22,23,27). The maximum atomic E-state index is 12.8. The molecule has 1 saturated heterocycles. The molecule has 11 heteroatoms. The largest absolute Gasteiger partial charge is 0.310 e. The number of amides is 3. The molecule has 0 saturated carbocycles. The smallest absolute Gasteiger partial charge is 0.282 e. The van der Waals surface area contributed by atoms with Gasteiger partial charge in [-0.05, 0) is 53.5 Å². The van der Waals surface area contributed by atoms with Crippen LogP contribution in [0, 0.1) is 16.0 Å². The van der Waals surface area contributed by atoms with E-state index in [4.69, 9.17) is 0 Å². The number of benzene rings is 1. The van der Waals surface area contributed by atoms with Crippen LogP contribution in [0.3, 0.4) is 0 Å². The number of nitro groups is 1. The number of pyridine rings is 1. The van der Waals surface area contributed by atoms with Gasteiger partial charge in [0.2, 0.25) is 5.91 Å². The van der Waals surface area contributed by atoms with Crippen LogP contribution in [0.1, 0.15) is 33.6 Å². The molecule has 3 amide bonds. The van der Waals surface area contributed by atoms with Gasteiger partial charge in [0.25, 0.3) is 17.5 Å². The number of nitrogens with one attached hydrogen (secondary N) is 1. The fourth-order valence-electron chi connectivity index (χ4n) is 3.87. The molecule has 1 atom stereocenters. The lowest BCUT2D eigenvalue weighted by Gasteiger charge is -2.33. The van der Waals surface area contributed by atoms with E-state index in [9.17, 15) is 24.5 Å². The van der Waals surface area contributed by atoms with E-state index in [1.807, 2.05) is 4.90 Å². The van der Waals surface area contributed by atoms with E-state index < -0.39 is 16.7 Å². The maximum Gasteiger partial charge on any atom is 0.282 e. The minimum Gasteiger partial charge on any atom is -0.310 e. The fraction of sp³-hybridized carbons (Fsp3) is 0.300. The molecule has 2 aliphatic heterocycles. The molecular formula is C20H18BrN5O5. The van der Waals surface area contributed by atoms with Gasteiger partial charge in [-0.3, -0.25) is 34.3 Å². The molecule has 0 aliphatic carbocycles. The maximum absolute atomic E-state index is 12.8. The first-order chi connectivity index (χ1) is 14.8. The highest BCUT2D eigenvalue weighted by Gasteiger charge is 2.42. The van der Waals surface area contributed by atoms with Gasteiger partial charge in [-0.15, -0.1) is 0 Å². The molecule has 2 aliphatic rings. The highest BCUT2D eigenvalue weighted by molar-refractivity contribution is 9.10. The van der Waals surface area contributed by atoms with E-state index in [1.54, 1.807) is 18.3 Å². The van der Waals surface area contributed by atoms with Crippen LogP contribution in [0.15, 0.2) is 41.0 Å². The molecule has 1 unspecified atom stereocenters. The fourth-order valence-corrected chi connectivity index (χ4v) is 4.11. The number of carbonyl (C=O) groups excluding carboxylic acids is 3. The summed E-state index contributed by atoms with van der Waals surface area (Å²) in [7, 11) is 0. The molecule has 1 aromatic heterocycles. The Bertz CT molecular complexity index is 1070. The normalized spacial score (nSPS) is 18.7. The third kappa shape index (κ3) is 4.19. The van der Waals surface area contributed by atoms with Crippen LogP contribution in [0.25, 0.3) is 0 Å². The van der Waals surface area contributed by atoms with E-state index in [0.29, 0.717) is 25.3 Å². The number of fused-ring (bicyclic) bond motifs is 1. The van der Waals surface area contributed by atoms with Gasteiger partial charge in [0.1, 0.15) is 11.4 Å². The zero-order chi connectivity index (χ0) is 22.1. The first-order valence-electron chi connectivity index (χ1n) is 9.63. The molecule has 1 fully saturated rings. The lowest BCUT2D eigenvalue weighted by Crippen LogP contribution is -2.47. The number of imide groups is 1. The number of likely N-dealkylation sites (tertiary alicyclic amines) is 1. The highest BCUT2D eigenvalue weighted by Crippen LogP contribution is 2.31. The molecule has 0 spiro atoms. The molecule has 3 heterocycles. The predicted octanol–water partition coefficient (Wildman–Crippen LogP) is 2.66. The van der Waals surface area contributed by atoms with Crippen molar-refractivity contribution in [2.24, 2.45) is 5.92 Å². The van der Waals surface area contributed by atoms with Crippen LogP contribution in [0.2, 0.25) is 0 Å². The quantitative estimate of drug-likeness (QED) is 0.390. The molecule has 1 aromatic carbocycles. The Morgan fingerprint density at radius 3 is 2.77 bits per heavy atom. The Morgan fingerprint density at radius 1 is 1.26 bits per heavy atom. The third-order valence-corrected chi connectivity index (χ3v) is 5.84. The van der Waals surface area contributed by atoms with Crippen LogP contribution in [0.5, 0.6) is 0 Å². The van der Waals surface area contributed by atoms with Gasteiger partial charge in [0, 0.05) is 23.3 Å². The van der Waals surface area contributed by atoms with Crippen molar-refractivity contribution in [1.29, 1.82) is 0 Å². The first kappa shape index (κ1) is 21.1. The van der Waals surface area contributed by atoms with E-state index in [0.717, 1.165) is 15.8 Å². The number of nitrogens with zero attached hydrogens (tertiary/aromatic N) is 4. The van der Waals surface area contributed by atoms with Crippen molar-refractivity contribution in [2.75, 3.05) is 25.1 Å². The van der Waals surface area contributed by atoms with Crippen molar-refractivity contribution in [2.45, 2.75) is 12.8 Å². The van der Waals surface area contributed by atoms with Gasteiger partial charge in [-0.2, -0.15) is 0 Å². The molecule has 0 bridgehead atoms. The lowest BCUT2D eigenvalue weighted by atomic mass is 9.97. The number of hydrogen-bond donors (Lipinski definition) is 1. The summed E-state index contributed by atoms with van der Waals surface area (Å²) >= 11 is 3.29. The van der Waals surface area contributed by atoms with Crippen molar-refractivity contribution in [3.05, 3.63) is 62.2 Å². The Labute approximate surface area is 185 Å². The highest BCUT2D eigenvalue weighted by atomic mass is 79.9. The van der Waals surface area contributed by atoms with Crippen molar-refractivity contribution < 1.29 is 19.3 Å². The molecule has 4 rings (SSSR count). The number of aromatic nitrogens is 1. The van der Waals surface area contributed by atoms with Crippen LogP contribution < -0.4 is 5.32 Å². The van der Waals surface area contributed by atoms with E-state index in [2.05, 4.69) is 26.2 Å². The lowest BCUT2D eigenvalue weighted by molar-refractivity contribution is -0.385. The van der Waals surface area contributed by atoms with E-state index >= 15 is 0 Å². The number of hydrogen-bond acceptors (Lipinski definition) is 7. The first-order valence-corrected chi connectivity index (χ1v) is 10.4. The predicted molar refractivity (Wildman–Crippen MR) is 113 cm³/mol.